The van der Waals surface area contributed by atoms with Crippen LogP contribution in [0.2, 0.25) is 0 Å². The molecule has 1 aliphatic carbocycles. The number of alkyl halides is 3. The van der Waals surface area contributed by atoms with Gasteiger partial charge in [-0.25, -0.2) is 22.5 Å². The van der Waals surface area contributed by atoms with E-state index in [1.54, 1.807) is 6.07 Å². The fourth-order valence-corrected chi connectivity index (χ4v) is 5.05. The number of rotatable bonds is 4. The van der Waals surface area contributed by atoms with Gasteiger partial charge in [0.2, 0.25) is 10.0 Å². The monoisotopic (exact) mass is 499 g/mol. The molecule has 0 unspecified atom stereocenters. The summed E-state index contributed by atoms with van der Waals surface area (Å²) in [4.78, 5) is 6.39. The van der Waals surface area contributed by atoms with Gasteiger partial charge < -0.3 is 10.0 Å². The molecule has 0 atom stereocenters. The Morgan fingerprint density at radius 1 is 1.09 bits per heavy atom. The number of nitrogens with zero attached hydrogens (tertiary/aromatic N) is 5. The highest BCUT2D eigenvalue weighted by molar-refractivity contribution is 7.88. The Kier molecular flexibility index (Phi) is 5.24. The van der Waals surface area contributed by atoms with E-state index in [9.17, 15) is 31.1 Å². The number of pyridine rings is 1. The molecule has 2 fully saturated rings. The minimum atomic E-state index is -4.99. The summed E-state index contributed by atoms with van der Waals surface area (Å²) in [5.74, 6) is -2.09. The van der Waals surface area contributed by atoms with Crippen molar-refractivity contribution in [3.8, 4) is 11.4 Å². The number of aromatic hydroxyl groups is 1. The van der Waals surface area contributed by atoms with Crippen LogP contribution in [0.1, 0.15) is 30.0 Å². The average Bonchev–Trinajstić information content (AvgIpc) is 3.54. The van der Waals surface area contributed by atoms with E-state index in [-0.39, 0.29) is 11.6 Å². The van der Waals surface area contributed by atoms with E-state index in [1.807, 2.05) is 4.90 Å². The fourth-order valence-electron chi connectivity index (χ4n) is 4.23. The summed E-state index contributed by atoms with van der Waals surface area (Å²) in [6.45, 7) is 1.53. The Labute approximate surface area is 192 Å². The molecule has 0 amide bonds. The van der Waals surface area contributed by atoms with E-state index in [0.29, 0.717) is 54.7 Å². The topological polar surface area (TPSA) is 91.6 Å². The standard InChI is InChI=1S/C21H21F4N5O3S/c1-34(32,33)29-6-4-28(5-7-29)18-10-14-16(11-26-18)30(27-20(14)12-2-3-12)13-8-15(21(23,24)25)19(22)17(31)9-13/h8-12,31H,2-7H2,1H3. The van der Waals surface area contributed by atoms with Gasteiger partial charge in [0.15, 0.2) is 11.6 Å². The van der Waals surface area contributed by atoms with Crippen molar-refractivity contribution in [2.24, 2.45) is 0 Å². The van der Waals surface area contributed by atoms with E-state index in [4.69, 9.17) is 0 Å². The predicted molar refractivity (Wildman–Crippen MR) is 116 cm³/mol. The van der Waals surface area contributed by atoms with Gasteiger partial charge in [0, 0.05) is 43.5 Å². The van der Waals surface area contributed by atoms with Crippen molar-refractivity contribution in [3.05, 3.63) is 41.5 Å². The lowest BCUT2D eigenvalue weighted by Gasteiger charge is -2.34. The maximum atomic E-state index is 14.0. The van der Waals surface area contributed by atoms with Gasteiger partial charge in [-0.3, -0.25) is 0 Å². The number of hydrogen-bond acceptors (Lipinski definition) is 6. The first kappa shape index (κ1) is 22.8. The SMILES string of the molecule is CS(=O)(=O)N1CCN(c2cc3c(C4CC4)nn(-c4cc(O)c(F)c(C(F)(F)F)c4)c3cn2)CC1. The summed E-state index contributed by atoms with van der Waals surface area (Å²) in [6.07, 6.45) is -0.557. The van der Waals surface area contributed by atoms with Crippen LogP contribution in [0.3, 0.4) is 0 Å². The molecule has 1 saturated heterocycles. The van der Waals surface area contributed by atoms with Crippen molar-refractivity contribution in [3.63, 3.8) is 0 Å². The van der Waals surface area contributed by atoms with Gasteiger partial charge in [-0.1, -0.05) is 0 Å². The van der Waals surface area contributed by atoms with Gasteiger partial charge in [0.1, 0.15) is 5.82 Å². The largest absolute Gasteiger partial charge is 0.505 e. The van der Waals surface area contributed by atoms with Crippen LogP contribution in [0.15, 0.2) is 24.4 Å². The third-order valence-electron chi connectivity index (χ3n) is 6.16. The summed E-state index contributed by atoms with van der Waals surface area (Å²) >= 11 is 0. The first-order valence-electron chi connectivity index (χ1n) is 10.6. The number of hydrogen-bond donors (Lipinski definition) is 1. The lowest BCUT2D eigenvalue weighted by atomic mass is 10.1. The molecule has 0 radical (unpaired) electrons. The molecule has 3 heterocycles. The summed E-state index contributed by atoms with van der Waals surface area (Å²) < 4.78 is 80.0. The summed E-state index contributed by atoms with van der Waals surface area (Å²) in [5, 5.41) is 15.0. The number of benzene rings is 1. The number of piperazine rings is 1. The molecule has 8 nitrogen and oxygen atoms in total. The Hall–Kier alpha value is -2.93. The van der Waals surface area contributed by atoms with Gasteiger partial charge >= 0.3 is 6.18 Å². The predicted octanol–water partition coefficient (Wildman–Crippen LogP) is 3.24. The molecular weight excluding hydrogens is 478 g/mol. The molecule has 182 valence electrons. The smallest absolute Gasteiger partial charge is 0.419 e. The zero-order valence-electron chi connectivity index (χ0n) is 18.0. The summed E-state index contributed by atoms with van der Waals surface area (Å²) in [6, 6.07) is 3.33. The van der Waals surface area contributed by atoms with E-state index in [2.05, 4.69) is 10.1 Å². The number of phenols is 1. The minimum absolute atomic E-state index is 0.126. The number of sulfonamides is 1. The Morgan fingerprint density at radius 2 is 1.76 bits per heavy atom. The van der Waals surface area contributed by atoms with Crippen LogP contribution in [-0.2, 0) is 16.2 Å². The van der Waals surface area contributed by atoms with Crippen LogP contribution >= 0.6 is 0 Å². The molecule has 13 heteroatoms. The third-order valence-corrected chi connectivity index (χ3v) is 7.47. The van der Waals surface area contributed by atoms with E-state index in [1.165, 1.54) is 21.4 Å². The number of anilines is 1. The molecule has 0 bridgehead atoms. The molecule has 1 saturated carbocycles. The van der Waals surface area contributed by atoms with Crippen LogP contribution in [0.25, 0.3) is 16.6 Å². The highest BCUT2D eigenvalue weighted by atomic mass is 32.2. The second-order valence-corrected chi connectivity index (χ2v) is 10.6. The molecule has 5 rings (SSSR count). The second kappa shape index (κ2) is 7.80. The van der Waals surface area contributed by atoms with E-state index in [0.717, 1.165) is 18.9 Å². The lowest BCUT2D eigenvalue weighted by Crippen LogP contribution is -2.48. The molecule has 2 aliphatic rings. The van der Waals surface area contributed by atoms with E-state index < -0.39 is 33.3 Å². The van der Waals surface area contributed by atoms with Crippen LogP contribution < -0.4 is 4.90 Å². The number of phenolic OH excluding ortho intramolecular Hbond substituents is 1. The molecule has 3 aromatic rings. The van der Waals surface area contributed by atoms with E-state index >= 15 is 0 Å². The summed E-state index contributed by atoms with van der Waals surface area (Å²) in [7, 11) is -3.28. The van der Waals surface area contributed by atoms with Gasteiger partial charge in [-0.2, -0.15) is 22.6 Å². The van der Waals surface area contributed by atoms with Crippen molar-refractivity contribution >= 4 is 26.7 Å². The summed E-state index contributed by atoms with van der Waals surface area (Å²) in [5.41, 5.74) is -0.572. The minimum Gasteiger partial charge on any atom is -0.505 e. The van der Waals surface area contributed by atoms with Gasteiger partial charge in [-0.05, 0) is 25.0 Å². The number of fused-ring (bicyclic) bond motifs is 1. The van der Waals surface area contributed by atoms with Crippen LogP contribution in [0.4, 0.5) is 23.4 Å². The Morgan fingerprint density at radius 3 is 2.35 bits per heavy atom. The van der Waals surface area contributed by atoms with Crippen molar-refractivity contribution in [1.82, 2.24) is 19.1 Å². The molecular formula is C21H21F4N5O3S. The molecule has 2 aromatic heterocycles. The highest BCUT2D eigenvalue weighted by Gasteiger charge is 2.37. The van der Waals surface area contributed by atoms with Gasteiger partial charge in [0.05, 0.1) is 34.9 Å². The Balaban J connectivity index is 1.56. The van der Waals surface area contributed by atoms with Crippen LogP contribution in [0.5, 0.6) is 5.75 Å². The molecule has 34 heavy (non-hydrogen) atoms. The first-order chi connectivity index (χ1) is 15.9. The highest BCUT2D eigenvalue weighted by Crippen LogP contribution is 2.44. The molecule has 1 aromatic carbocycles. The van der Waals surface area contributed by atoms with Crippen molar-refractivity contribution in [2.45, 2.75) is 24.9 Å². The lowest BCUT2D eigenvalue weighted by molar-refractivity contribution is -0.140. The van der Waals surface area contributed by atoms with Crippen molar-refractivity contribution in [2.75, 3.05) is 37.3 Å². The molecule has 0 spiro atoms. The number of aromatic nitrogens is 3. The maximum absolute atomic E-state index is 14.0. The van der Waals surface area contributed by atoms with Crippen molar-refractivity contribution in [1.29, 1.82) is 0 Å². The van der Waals surface area contributed by atoms with Crippen molar-refractivity contribution < 1.29 is 31.1 Å². The first-order valence-corrected chi connectivity index (χ1v) is 12.5. The third kappa shape index (κ3) is 4.06. The van der Waals surface area contributed by atoms with Gasteiger partial charge in [0.25, 0.3) is 0 Å². The van der Waals surface area contributed by atoms with Gasteiger partial charge in [-0.15, -0.1) is 0 Å². The zero-order valence-corrected chi connectivity index (χ0v) is 18.9. The van der Waals surface area contributed by atoms with Crippen LogP contribution in [-0.4, -0.2) is 65.0 Å². The zero-order chi connectivity index (χ0) is 24.4. The number of halogens is 4. The quantitative estimate of drug-likeness (QED) is 0.555. The molecule has 1 N–H and O–H groups in total. The Bertz CT molecular complexity index is 1380. The maximum Gasteiger partial charge on any atom is 0.419 e. The fraction of sp³-hybridized carbons (Fsp3) is 0.429. The second-order valence-electron chi connectivity index (χ2n) is 8.60. The van der Waals surface area contributed by atoms with Crippen LogP contribution in [0, 0.1) is 5.82 Å². The normalized spacial score (nSPS) is 18.1. The average molecular weight is 499 g/mol. The molecule has 1 aliphatic heterocycles.